The van der Waals surface area contributed by atoms with Crippen molar-refractivity contribution >= 4 is 17.8 Å². The average molecular weight is 348 g/mol. The van der Waals surface area contributed by atoms with Gasteiger partial charge in [-0.25, -0.2) is 4.79 Å². The Morgan fingerprint density at radius 2 is 2.04 bits per heavy atom. The van der Waals surface area contributed by atoms with Gasteiger partial charge in [0.15, 0.2) is 0 Å². The second kappa shape index (κ2) is 9.17. The molecule has 1 aliphatic rings. The van der Waals surface area contributed by atoms with Gasteiger partial charge in [0.25, 0.3) is 5.91 Å². The topological polar surface area (TPSA) is 95.9 Å². The molecule has 2 amide bonds. The number of likely N-dealkylation sites (tertiary alicyclic amines) is 1. The molecule has 25 heavy (non-hydrogen) atoms. The van der Waals surface area contributed by atoms with Gasteiger partial charge in [0, 0.05) is 38.8 Å². The molecule has 1 aromatic rings. The molecule has 0 radical (unpaired) electrons. The van der Waals surface area contributed by atoms with Gasteiger partial charge < -0.3 is 20.1 Å². The van der Waals surface area contributed by atoms with Crippen molar-refractivity contribution in [2.75, 3.05) is 26.8 Å². The molecule has 2 rings (SSSR count). The first kappa shape index (κ1) is 18.9. The third-order valence-electron chi connectivity index (χ3n) is 4.33. The minimum atomic E-state index is -1.08. The van der Waals surface area contributed by atoms with Crippen molar-refractivity contribution < 1.29 is 24.2 Å². The van der Waals surface area contributed by atoms with Crippen LogP contribution in [0, 0.1) is 5.92 Å². The summed E-state index contributed by atoms with van der Waals surface area (Å²) < 4.78 is 4.88. The maximum Gasteiger partial charge on any atom is 0.326 e. The molecule has 0 aromatic heterocycles. The fraction of sp³-hybridized carbons (Fsp3) is 0.500. The van der Waals surface area contributed by atoms with Gasteiger partial charge in [-0.2, -0.15) is 0 Å². The van der Waals surface area contributed by atoms with E-state index in [1.807, 2.05) is 6.07 Å². The van der Waals surface area contributed by atoms with Crippen LogP contribution < -0.4 is 5.32 Å². The first-order valence-electron chi connectivity index (χ1n) is 8.39. The van der Waals surface area contributed by atoms with Crippen LogP contribution in [0.25, 0.3) is 0 Å². The number of aliphatic carboxylic acids is 1. The van der Waals surface area contributed by atoms with Crippen LogP contribution in [0.4, 0.5) is 0 Å². The molecular formula is C18H24N2O5. The molecule has 2 N–H and O–H groups in total. The van der Waals surface area contributed by atoms with Crippen LogP contribution in [-0.2, 0) is 14.3 Å². The van der Waals surface area contributed by atoms with E-state index in [1.165, 1.54) is 7.11 Å². The number of carbonyl (C=O) groups excluding carboxylic acids is 2. The molecule has 7 heteroatoms. The summed E-state index contributed by atoms with van der Waals surface area (Å²) in [4.78, 5) is 37.9. The average Bonchev–Trinajstić information content (AvgIpc) is 2.64. The summed E-state index contributed by atoms with van der Waals surface area (Å²) in [5.74, 6) is -1.91. The van der Waals surface area contributed by atoms with E-state index >= 15 is 0 Å². The van der Waals surface area contributed by atoms with Gasteiger partial charge in [0.05, 0.1) is 5.92 Å². The van der Waals surface area contributed by atoms with E-state index in [2.05, 4.69) is 5.32 Å². The summed E-state index contributed by atoms with van der Waals surface area (Å²) >= 11 is 0. The SMILES string of the molecule is COCCC(NC(=O)C1CCCN(C(=O)c2ccccc2)C1)C(=O)O. The zero-order valence-corrected chi connectivity index (χ0v) is 14.3. The highest BCUT2D eigenvalue weighted by Crippen LogP contribution is 2.19. The maximum atomic E-state index is 12.5. The Kier molecular flexibility index (Phi) is 6.94. The normalized spacial score (nSPS) is 18.4. The minimum absolute atomic E-state index is 0.104. The van der Waals surface area contributed by atoms with Crippen molar-refractivity contribution in [2.24, 2.45) is 5.92 Å². The number of hydrogen-bond acceptors (Lipinski definition) is 4. The number of carboxylic acids is 1. The van der Waals surface area contributed by atoms with E-state index < -0.39 is 17.9 Å². The number of ether oxygens (including phenoxy) is 1. The lowest BCUT2D eigenvalue weighted by molar-refractivity contribution is -0.143. The van der Waals surface area contributed by atoms with Crippen LogP contribution >= 0.6 is 0 Å². The highest BCUT2D eigenvalue weighted by molar-refractivity contribution is 5.94. The van der Waals surface area contributed by atoms with Gasteiger partial charge in [-0.05, 0) is 25.0 Å². The Balaban J connectivity index is 1.96. The second-order valence-electron chi connectivity index (χ2n) is 6.14. The fourth-order valence-electron chi connectivity index (χ4n) is 2.92. The number of piperidine rings is 1. The maximum absolute atomic E-state index is 12.5. The molecule has 0 spiro atoms. The molecular weight excluding hydrogens is 324 g/mol. The Labute approximate surface area is 147 Å². The van der Waals surface area contributed by atoms with E-state index in [1.54, 1.807) is 29.2 Å². The van der Waals surface area contributed by atoms with Gasteiger partial charge in [0.1, 0.15) is 6.04 Å². The number of methoxy groups -OCH3 is 1. The number of carbonyl (C=O) groups is 3. The Bertz CT molecular complexity index is 605. The number of hydrogen-bond donors (Lipinski definition) is 2. The van der Waals surface area contributed by atoms with Crippen molar-refractivity contribution in [3.63, 3.8) is 0 Å². The molecule has 0 bridgehead atoms. The Morgan fingerprint density at radius 3 is 2.68 bits per heavy atom. The molecule has 1 heterocycles. The van der Waals surface area contributed by atoms with Crippen LogP contribution in [-0.4, -0.2) is 60.6 Å². The molecule has 1 fully saturated rings. The van der Waals surface area contributed by atoms with Crippen LogP contribution in [0.5, 0.6) is 0 Å². The van der Waals surface area contributed by atoms with Crippen LogP contribution in [0.15, 0.2) is 30.3 Å². The Morgan fingerprint density at radius 1 is 1.32 bits per heavy atom. The van der Waals surface area contributed by atoms with E-state index in [0.717, 1.165) is 0 Å². The molecule has 7 nitrogen and oxygen atoms in total. The zero-order valence-electron chi connectivity index (χ0n) is 14.3. The molecule has 2 unspecified atom stereocenters. The fourth-order valence-corrected chi connectivity index (χ4v) is 2.92. The highest BCUT2D eigenvalue weighted by Gasteiger charge is 2.31. The molecule has 2 atom stereocenters. The van der Waals surface area contributed by atoms with Gasteiger partial charge in [-0.1, -0.05) is 18.2 Å². The van der Waals surface area contributed by atoms with Gasteiger partial charge in [-0.3, -0.25) is 9.59 Å². The molecule has 0 aliphatic carbocycles. The lowest BCUT2D eigenvalue weighted by Gasteiger charge is -2.32. The summed E-state index contributed by atoms with van der Waals surface area (Å²) in [5.41, 5.74) is 0.590. The van der Waals surface area contributed by atoms with E-state index in [-0.39, 0.29) is 24.8 Å². The third kappa shape index (κ3) is 5.29. The van der Waals surface area contributed by atoms with Gasteiger partial charge in [-0.15, -0.1) is 0 Å². The molecule has 136 valence electrons. The third-order valence-corrected chi connectivity index (χ3v) is 4.33. The van der Waals surface area contributed by atoms with Crippen LogP contribution in [0.1, 0.15) is 29.6 Å². The molecule has 1 aromatic carbocycles. The van der Waals surface area contributed by atoms with Crippen LogP contribution in [0.2, 0.25) is 0 Å². The monoisotopic (exact) mass is 348 g/mol. The highest BCUT2D eigenvalue weighted by atomic mass is 16.5. The van der Waals surface area contributed by atoms with E-state index in [4.69, 9.17) is 4.74 Å². The first-order valence-corrected chi connectivity index (χ1v) is 8.39. The molecule has 0 saturated carbocycles. The number of nitrogens with one attached hydrogen (secondary N) is 1. The summed E-state index contributed by atoms with van der Waals surface area (Å²) in [6.45, 7) is 1.15. The number of nitrogens with zero attached hydrogens (tertiary/aromatic N) is 1. The van der Waals surface area contributed by atoms with Crippen molar-refractivity contribution in [3.05, 3.63) is 35.9 Å². The van der Waals surface area contributed by atoms with Crippen LogP contribution in [0.3, 0.4) is 0 Å². The van der Waals surface area contributed by atoms with Gasteiger partial charge >= 0.3 is 5.97 Å². The number of carboxylic acid groups (broad SMARTS) is 1. The van der Waals surface area contributed by atoms with Crippen molar-refractivity contribution in [1.82, 2.24) is 10.2 Å². The molecule has 1 saturated heterocycles. The predicted molar refractivity (Wildman–Crippen MR) is 91.1 cm³/mol. The standard InChI is InChI=1S/C18H24N2O5/c1-25-11-9-15(18(23)24)19-16(21)14-8-5-10-20(12-14)17(22)13-6-3-2-4-7-13/h2-4,6-7,14-15H,5,8-12H2,1H3,(H,19,21)(H,23,24). The van der Waals surface area contributed by atoms with Crippen molar-refractivity contribution in [2.45, 2.75) is 25.3 Å². The number of rotatable bonds is 7. The summed E-state index contributed by atoms with van der Waals surface area (Å²) in [5, 5.41) is 11.8. The number of benzene rings is 1. The smallest absolute Gasteiger partial charge is 0.326 e. The van der Waals surface area contributed by atoms with Crippen molar-refractivity contribution in [1.29, 1.82) is 0 Å². The summed E-state index contributed by atoms with van der Waals surface area (Å²) in [6.07, 6.45) is 1.56. The lowest BCUT2D eigenvalue weighted by atomic mass is 9.96. The van der Waals surface area contributed by atoms with E-state index in [0.29, 0.717) is 31.5 Å². The summed E-state index contributed by atoms with van der Waals surface area (Å²) in [6, 6.07) is 7.96. The first-order chi connectivity index (χ1) is 12.0. The van der Waals surface area contributed by atoms with Crippen molar-refractivity contribution in [3.8, 4) is 0 Å². The predicted octanol–water partition coefficient (Wildman–Crippen LogP) is 1.14. The van der Waals surface area contributed by atoms with Gasteiger partial charge in [0.2, 0.25) is 5.91 Å². The van der Waals surface area contributed by atoms with E-state index in [9.17, 15) is 19.5 Å². The zero-order chi connectivity index (χ0) is 18.2. The number of amides is 2. The quantitative estimate of drug-likeness (QED) is 0.770. The largest absolute Gasteiger partial charge is 0.480 e. The Hall–Kier alpha value is -2.41. The second-order valence-corrected chi connectivity index (χ2v) is 6.14. The molecule has 1 aliphatic heterocycles. The summed E-state index contributed by atoms with van der Waals surface area (Å²) in [7, 11) is 1.48. The lowest BCUT2D eigenvalue weighted by Crippen LogP contribution is -2.49. The minimum Gasteiger partial charge on any atom is -0.480 e.